The van der Waals surface area contributed by atoms with Crippen LogP contribution in [0.2, 0.25) is 0 Å². The Kier molecular flexibility index (Phi) is 5.12. The summed E-state index contributed by atoms with van der Waals surface area (Å²) >= 11 is 3.05. The van der Waals surface area contributed by atoms with E-state index in [2.05, 4.69) is 20.7 Å². The number of Topliss-reactive ketones (excluding diaryl/α,β-unsaturated/α-hetero) is 1. The van der Waals surface area contributed by atoms with E-state index in [1.807, 2.05) is 20.8 Å². The molecule has 0 fully saturated rings. The van der Waals surface area contributed by atoms with Crippen LogP contribution in [0, 0.1) is 0 Å². The lowest BCUT2D eigenvalue weighted by molar-refractivity contribution is -0.118. The lowest BCUT2D eigenvalue weighted by Crippen LogP contribution is -2.48. The highest BCUT2D eigenvalue weighted by molar-refractivity contribution is 9.09. The number of ether oxygens (including phenoxy) is 1. The van der Waals surface area contributed by atoms with Gasteiger partial charge in [-0.05, 0) is 20.8 Å². The predicted molar refractivity (Wildman–Crippen MR) is 57.7 cm³/mol. The van der Waals surface area contributed by atoms with Crippen LogP contribution in [0.15, 0.2) is 0 Å². The van der Waals surface area contributed by atoms with Gasteiger partial charge in [0.25, 0.3) is 0 Å². The van der Waals surface area contributed by atoms with Crippen molar-refractivity contribution < 1.29 is 14.3 Å². The van der Waals surface area contributed by atoms with Crippen LogP contribution in [-0.4, -0.2) is 41.3 Å². The molecule has 4 nitrogen and oxygen atoms in total. The smallest absolute Gasteiger partial charge is 0.410 e. The molecule has 0 bridgehead atoms. The molecule has 0 atom stereocenters. The highest BCUT2D eigenvalue weighted by Gasteiger charge is 2.28. The molecule has 0 radical (unpaired) electrons. The minimum absolute atomic E-state index is 0.0506. The first-order valence-electron chi connectivity index (χ1n) is 4.26. The molecule has 0 aliphatic rings. The second kappa shape index (κ2) is 5.34. The summed E-state index contributed by atoms with van der Waals surface area (Å²) in [5.74, 6) is -0.0506. The van der Waals surface area contributed by atoms with E-state index in [-0.39, 0.29) is 17.7 Å². The Hall–Kier alpha value is -0.580. The highest BCUT2D eigenvalue weighted by Crippen LogP contribution is 2.14. The van der Waals surface area contributed by atoms with Gasteiger partial charge in [-0.15, -0.1) is 0 Å². The second-order valence-corrected chi connectivity index (χ2v) is 4.46. The lowest BCUT2D eigenvalue weighted by Gasteiger charge is -2.33. The molecule has 0 aromatic rings. The van der Waals surface area contributed by atoms with Gasteiger partial charge in [-0.1, -0.05) is 15.9 Å². The first-order valence-corrected chi connectivity index (χ1v) is 5.38. The average molecular weight is 266 g/mol. The van der Waals surface area contributed by atoms with Crippen molar-refractivity contribution in [2.24, 2.45) is 0 Å². The lowest BCUT2D eigenvalue weighted by atomic mass is 10.1. The summed E-state index contributed by atoms with van der Waals surface area (Å²) in [6.07, 6.45) is -0.480. The number of nitrogens with zero attached hydrogens (tertiary/aromatic N) is 1. The SMILES string of the molecule is COC(=O)N(CC(=O)CBr)C(C)(C)C. The van der Waals surface area contributed by atoms with E-state index < -0.39 is 11.6 Å². The third kappa shape index (κ3) is 4.09. The molecule has 0 aliphatic carbocycles. The molecule has 0 N–H and O–H groups in total. The number of rotatable bonds is 3. The maximum absolute atomic E-state index is 11.3. The summed E-state index contributed by atoms with van der Waals surface area (Å²) < 4.78 is 4.60. The van der Waals surface area contributed by atoms with Crippen LogP contribution >= 0.6 is 15.9 Å². The first kappa shape index (κ1) is 13.4. The van der Waals surface area contributed by atoms with Crippen LogP contribution in [0.1, 0.15) is 20.8 Å². The van der Waals surface area contributed by atoms with Crippen LogP contribution in [-0.2, 0) is 9.53 Å². The van der Waals surface area contributed by atoms with Crippen molar-refractivity contribution in [2.75, 3.05) is 19.0 Å². The fourth-order valence-electron chi connectivity index (χ4n) is 0.904. The number of amides is 1. The number of methoxy groups -OCH3 is 1. The van der Waals surface area contributed by atoms with Gasteiger partial charge in [0.15, 0.2) is 5.78 Å². The molecule has 82 valence electrons. The minimum atomic E-state index is -0.480. The van der Waals surface area contributed by atoms with Gasteiger partial charge in [0.1, 0.15) is 0 Å². The quantitative estimate of drug-likeness (QED) is 0.732. The van der Waals surface area contributed by atoms with Crippen molar-refractivity contribution in [1.29, 1.82) is 0 Å². The zero-order valence-corrected chi connectivity index (χ0v) is 10.6. The molecule has 0 aliphatic heterocycles. The standard InChI is InChI=1S/C9H16BrNO3/c1-9(2,3)11(8(13)14-4)6-7(12)5-10/h5-6H2,1-4H3. The van der Waals surface area contributed by atoms with E-state index in [0.29, 0.717) is 0 Å². The summed E-state index contributed by atoms with van der Waals surface area (Å²) in [7, 11) is 1.31. The number of ketones is 1. The molecule has 0 aromatic heterocycles. The van der Waals surface area contributed by atoms with Crippen LogP contribution < -0.4 is 0 Å². The van der Waals surface area contributed by atoms with Crippen LogP contribution in [0.3, 0.4) is 0 Å². The summed E-state index contributed by atoms with van der Waals surface area (Å²) in [4.78, 5) is 23.9. The van der Waals surface area contributed by atoms with E-state index in [9.17, 15) is 9.59 Å². The summed E-state index contributed by atoms with van der Waals surface area (Å²) in [5, 5.41) is 0.247. The molecule has 0 rings (SSSR count). The molecule has 0 heterocycles. The van der Waals surface area contributed by atoms with E-state index in [4.69, 9.17) is 0 Å². The van der Waals surface area contributed by atoms with E-state index in [1.54, 1.807) is 0 Å². The van der Waals surface area contributed by atoms with E-state index in [1.165, 1.54) is 12.0 Å². The first-order chi connectivity index (χ1) is 6.32. The topological polar surface area (TPSA) is 46.6 Å². The third-order valence-corrected chi connectivity index (χ3v) is 2.31. The van der Waals surface area contributed by atoms with E-state index in [0.717, 1.165) is 0 Å². The normalized spacial score (nSPS) is 10.9. The van der Waals surface area contributed by atoms with Crippen LogP contribution in [0.5, 0.6) is 0 Å². The Balaban J connectivity index is 4.58. The molecule has 0 saturated heterocycles. The van der Waals surface area contributed by atoms with Gasteiger partial charge in [-0.25, -0.2) is 4.79 Å². The molecule has 0 spiro atoms. The maximum Gasteiger partial charge on any atom is 0.410 e. The number of hydrogen-bond donors (Lipinski definition) is 0. The van der Waals surface area contributed by atoms with Crippen LogP contribution in [0.4, 0.5) is 4.79 Å². The van der Waals surface area contributed by atoms with Gasteiger partial charge in [-0.2, -0.15) is 0 Å². The predicted octanol–water partition coefficient (Wildman–Crippen LogP) is 1.82. The Morgan fingerprint density at radius 1 is 1.36 bits per heavy atom. The fourth-order valence-corrected chi connectivity index (χ4v) is 1.08. The van der Waals surface area contributed by atoms with Crippen molar-refractivity contribution >= 4 is 27.8 Å². The summed E-state index contributed by atoms with van der Waals surface area (Å²) in [6, 6.07) is 0. The van der Waals surface area contributed by atoms with Gasteiger partial charge in [0, 0.05) is 5.54 Å². The van der Waals surface area contributed by atoms with Gasteiger partial charge in [-0.3, -0.25) is 9.69 Å². The molecule has 1 amide bonds. The van der Waals surface area contributed by atoms with Gasteiger partial charge in [0.2, 0.25) is 0 Å². The zero-order valence-electron chi connectivity index (χ0n) is 8.96. The van der Waals surface area contributed by atoms with Crippen molar-refractivity contribution in [2.45, 2.75) is 26.3 Å². The Morgan fingerprint density at radius 2 is 1.86 bits per heavy atom. The minimum Gasteiger partial charge on any atom is -0.453 e. The largest absolute Gasteiger partial charge is 0.453 e. The van der Waals surface area contributed by atoms with Gasteiger partial charge >= 0.3 is 6.09 Å². The highest BCUT2D eigenvalue weighted by atomic mass is 79.9. The Morgan fingerprint density at radius 3 is 2.14 bits per heavy atom. The number of halogens is 1. The second-order valence-electron chi connectivity index (χ2n) is 3.90. The molecule has 14 heavy (non-hydrogen) atoms. The van der Waals surface area contributed by atoms with Crippen LogP contribution in [0.25, 0.3) is 0 Å². The summed E-state index contributed by atoms with van der Waals surface area (Å²) in [5.41, 5.74) is -0.412. The third-order valence-electron chi connectivity index (χ3n) is 1.69. The maximum atomic E-state index is 11.3. The fraction of sp³-hybridized carbons (Fsp3) is 0.778. The molecule has 0 unspecified atom stereocenters. The number of carbonyl (C=O) groups is 2. The van der Waals surface area contributed by atoms with Crippen molar-refractivity contribution in [3.05, 3.63) is 0 Å². The molecule has 0 aromatic carbocycles. The number of hydrogen-bond acceptors (Lipinski definition) is 3. The van der Waals surface area contributed by atoms with Crippen molar-refractivity contribution in [3.63, 3.8) is 0 Å². The Bertz CT molecular complexity index is 223. The van der Waals surface area contributed by atoms with Crippen molar-refractivity contribution in [3.8, 4) is 0 Å². The van der Waals surface area contributed by atoms with Gasteiger partial charge in [0.05, 0.1) is 19.0 Å². The van der Waals surface area contributed by atoms with Gasteiger partial charge < -0.3 is 4.74 Å². The number of alkyl halides is 1. The molecule has 0 saturated carbocycles. The molecule has 5 heteroatoms. The van der Waals surface area contributed by atoms with E-state index >= 15 is 0 Å². The molecular weight excluding hydrogens is 250 g/mol. The van der Waals surface area contributed by atoms with Crippen molar-refractivity contribution in [1.82, 2.24) is 4.90 Å². The zero-order chi connectivity index (χ0) is 11.4. The Labute approximate surface area is 92.7 Å². The monoisotopic (exact) mass is 265 g/mol. The number of carbonyl (C=O) groups excluding carboxylic acids is 2. The summed E-state index contributed by atoms with van der Waals surface area (Å²) in [6.45, 7) is 5.63. The average Bonchev–Trinajstić information content (AvgIpc) is 2.10. The molecular formula is C9H16BrNO3.